The van der Waals surface area contributed by atoms with Crippen molar-refractivity contribution in [2.24, 2.45) is 5.84 Å². The summed E-state index contributed by atoms with van der Waals surface area (Å²) >= 11 is 0. The first-order valence-corrected chi connectivity index (χ1v) is 6.01. The van der Waals surface area contributed by atoms with Crippen molar-refractivity contribution in [1.29, 1.82) is 0 Å². The van der Waals surface area contributed by atoms with Crippen molar-refractivity contribution in [3.8, 4) is 5.75 Å². The van der Waals surface area contributed by atoms with Crippen molar-refractivity contribution in [3.05, 3.63) is 48.2 Å². The number of carbonyl (C=O) groups is 1. The molecule has 3 N–H and O–H groups in total. The Balaban J connectivity index is 2.32. The number of nitrogen functional groups attached to an aromatic ring is 1. The molecular formula is C14H16N4O2. The lowest BCUT2D eigenvalue weighted by atomic mass is 10.2. The Morgan fingerprint density at radius 2 is 2.10 bits per heavy atom. The predicted molar refractivity (Wildman–Crippen MR) is 77.8 cm³/mol. The van der Waals surface area contributed by atoms with Gasteiger partial charge in [-0.15, -0.1) is 0 Å². The van der Waals surface area contributed by atoms with Gasteiger partial charge in [-0.2, -0.15) is 0 Å². The molecule has 0 spiro atoms. The molecule has 104 valence electrons. The Labute approximate surface area is 117 Å². The highest BCUT2D eigenvalue weighted by Gasteiger charge is 2.17. The Bertz CT molecular complexity index is 616. The third-order valence-corrected chi connectivity index (χ3v) is 2.91. The van der Waals surface area contributed by atoms with Crippen LogP contribution in [-0.4, -0.2) is 25.0 Å². The number of nitrogens with zero attached hydrogens (tertiary/aromatic N) is 2. The van der Waals surface area contributed by atoms with Crippen molar-refractivity contribution in [2.75, 3.05) is 24.5 Å². The number of aromatic nitrogens is 1. The van der Waals surface area contributed by atoms with Gasteiger partial charge in [0.2, 0.25) is 0 Å². The Morgan fingerprint density at radius 1 is 1.35 bits per heavy atom. The summed E-state index contributed by atoms with van der Waals surface area (Å²) in [6, 6.07) is 10.5. The molecule has 0 atom stereocenters. The zero-order valence-corrected chi connectivity index (χ0v) is 11.3. The van der Waals surface area contributed by atoms with Gasteiger partial charge in [0.1, 0.15) is 11.6 Å². The summed E-state index contributed by atoms with van der Waals surface area (Å²) in [5.74, 6) is 6.19. The number of nitrogens with two attached hydrogens (primary N) is 1. The van der Waals surface area contributed by atoms with Gasteiger partial charge >= 0.3 is 0 Å². The summed E-state index contributed by atoms with van der Waals surface area (Å²) in [6.45, 7) is 0. The van der Waals surface area contributed by atoms with Crippen LogP contribution in [0.2, 0.25) is 0 Å². The SMILES string of the molecule is COc1ccccc1N(C)C(=O)c1ccnc(NN)c1. The second kappa shape index (κ2) is 6.03. The zero-order valence-electron chi connectivity index (χ0n) is 11.3. The normalized spacial score (nSPS) is 9.95. The highest BCUT2D eigenvalue weighted by molar-refractivity contribution is 6.06. The molecule has 1 heterocycles. The van der Waals surface area contributed by atoms with Gasteiger partial charge in [0.25, 0.3) is 5.91 Å². The Kier molecular flexibility index (Phi) is 4.17. The van der Waals surface area contributed by atoms with Crippen LogP contribution >= 0.6 is 0 Å². The van der Waals surface area contributed by atoms with Crippen LogP contribution < -0.4 is 20.9 Å². The summed E-state index contributed by atoms with van der Waals surface area (Å²) in [5.41, 5.74) is 3.60. The molecule has 0 radical (unpaired) electrons. The first kappa shape index (κ1) is 13.8. The lowest BCUT2D eigenvalue weighted by Crippen LogP contribution is -2.27. The molecule has 1 amide bonds. The number of carbonyl (C=O) groups excluding carboxylic acids is 1. The monoisotopic (exact) mass is 272 g/mol. The largest absolute Gasteiger partial charge is 0.495 e. The number of methoxy groups -OCH3 is 1. The van der Waals surface area contributed by atoms with Crippen LogP contribution in [-0.2, 0) is 0 Å². The fourth-order valence-corrected chi connectivity index (χ4v) is 1.85. The van der Waals surface area contributed by atoms with Gasteiger partial charge in [-0.05, 0) is 24.3 Å². The minimum absolute atomic E-state index is 0.173. The highest BCUT2D eigenvalue weighted by atomic mass is 16.5. The summed E-state index contributed by atoms with van der Waals surface area (Å²) in [7, 11) is 3.26. The summed E-state index contributed by atoms with van der Waals surface area (Å²) in [4.78, 5) is 18.0. The van der Waals surface area contributed by atoms with Gasteiger partial charge in [-0.25, -0.2) is 10.8 Å². The second-order valence-corrected chi connectivity index (χ2v) is 4.11. The van der Waals surface area contributed by atoms with Crippen LogP contribution in [0.25, 0.3) is 0 Å². The topological polar surface area (TPSA) is 80.5 Å². The Morgan fingerprint density at radius 3 is 2.80 bits per heavy atom. The smallest absolute Gasteiger partial charge is 0.258 e. The van der Waals surface area contributed by atoms with Gasteiger partial charge in [-0.3, -0.25) is 4.79 Å². The van der Waals surface area contributed by atoms with Gasteiger partial charge in [-0.1, -0.05) is 12.1 Å². The molecule has 6 heteroatoms. The van der Waals surface area contributed by atoms with Crippen LogP contribution in [0.15, 0.2) is 42.6 Å². The van der Waals surface area contributed by atoms with E-state index in [2.05, 4.69) is 10.4 Å². The van der Waals surface area contributed by atoms with Crippen molar-refractivity contribution < 1.29 is 9.53 Å². The molecule has 6 nitrogen and oxygen atoms in total. The minimum atomic E-state index is -0.173. The predicted octanol–water partition coefficient (Wildman–Crippen LogP) is 1.65. The zero-order chi connectivity index (χ0) is 14.5. The summed E-state index contributed by atoms with van der Waals surface area (Å²) in [6.07, 6.45) is 1.53. The van der Waals surface area contributed by atoms with E-state index in [1.165, 1.54) is 11.1 Å². The van der Waals surface area contributed by atoms with Crippen molar-refractivity contribution in [2.45, 2.75) is 0 Å². The quantitative estimate of drug-likeness (QED) is 0.653. The summed E-state index contributed by atoms with van der Waals surface area (Å²) < 4.78 is 5.26. The van der Waals surface area contributed by atoms with E-state index in [-0.39, 0.29) is 5.91 Å². The van der Waals surface area contributed by atoms with Crippen LogP contribution in [0, 0.1) is 0 Å². The molecule has 0 bridgehead atoms. The van der Waals surface area contributed by atoms with E-state index in [0.717, 1.165) is 0 Å². The molecule has 0 fully saturated rings. The first-order valence-electron chi connectivity index (χ1n) is 6.01. The number of nitrogens with one attached hydrogen (secondary N) is 1. The van der Waals surface area contributed by atoms with E-state index in [1.807, 2.05) is 18.2 Å². The first-order chi connectivity index (χ1) is 9.67. The second-order valence-electron chi connectivity index (χ2n) is 4.11. The molecule has 2 rings (SSSR count). The number of benzene rings is 1. The number of hydrogen-bond donors (Lipinski definition) is 2. The van der Waals surface area contributed by atoms with Gasteiger partial charge in [0, 0.05) is 18.8 Å². The molecule has 0 saturated heterocycles. The van der Waals surface area contributed by atoms with Crippen molar-refractivity contribution >= 4 is 17.4 Å². The lowest BCUT2D eigenvalue weighted by molar-refractivity contribution is 0.0992. The molecular weight excluding hydrogens is 256 g/mol. The molecule has 0 saturated carbocycles. The third kappa shape index (κ3) is 2.70. The summed E-state index contributed by atoms with van der Waals surface area (Å²) in [5, 5.41) is 0. The molecule has 0 aliphatic rings. The maximum atomic E-state index is 12.5. The Hall–Kier alpha value is -2.60. The fraction of sp³-hybridized carbons (Fsp3) is 0.143. The number of pyridine rings is 1. The number of anilines is 2. The van der Waals surface area contributed by atoms with E-state index < -0.39 is 0 Å². The van der Waals surface area contributed by atoms with E-state index >= 15 is 0 Å². The number of hydrogen-bond acceptors (Lipinski definition) is 5. The van der Waals surface area contributed by atoms with E-state index in [4.69, 9.17) is 10.6 Å². The van der Waals surface area contributed by atoms with Crippen LogP contribution in [0.3, 0.4) is 0 Å². The molecule has 0 aliphatic heterocycles. The molecule has 2 aromatic rings. The van der Waals surface area contributed by atoms with Crippen molar-refractivity contribution in [1.82, 2.24) is 4.98 Å². The lowest BCUT2D eigenvalue weighted by Gasteiger charge is -2.20. The van der Waals surface area contributed by atoms with E-state index in [0.29, 0.717) is 22.8 Å². The van der Waals surface area contributed by atoms with Crippen LogP contribution in [0.5, 0.6) is 5.75 Å². The van der Waals surface area contributed by atoms with Gasteiger partial charge in [0.05, 0.1) is 12.8 Å². The number of para-hydroxylation sites is 2. The standard InChI is InChI=1S/C14H16N4O2/c1-18(11-5-3-4-6-12(11)20-2)14(19)10-7-8-16-13(9-10)17-15/h3-9H,15H2,1-2H3,(H,16,17). The molecule has 0 aliphatic carbocycles. The number of amides is 1. The number of rotatable bonds is 4. The molecule has 1 aromatic carbocycles. The minimum Gasteiger partial charge on any atom is -0.495 e. The average Bonchev–Trinajstić information content (AvgIpc) is 2.53. The third-order valence-electron chi connectivity index (χ3n) is 2.91. The van der Waals surface area contributed by atoms with Crippen LogP contribution in [0.1, 0.15) is 10.4 Å². The number of hydrazine groups is 1. The van der Waals surface area contributed by atoms with Gasteiger partial charge < -0.3 is 15.1 Å². The maximum absolute atomic E-state index is 12.5. The maximum Gasteiger partial charge on any atom is 0.258 e. The van der Waals surface area contributed by atoms with Gasteiger partial charge in [0.15, 0.2) is 0 Å². The average molecular weight is 272 g/mol. The van der Waals surface area contributed by atoms with E-state index in [1.54, 1.807) is 32.4 Å². The van der Waals surface area contributed by atoms with E-state index in [9.17, 15) is 4.79 Å². The molecule has 20 heavy (non-hydrogen) atoms. The number of ether oxygens (including phenoxy) is 1. The van der Waals surface area contributed by atoms with Crippen molar-refractivity contribution in [3.63, 3.8) is 0 Å². The molecule has 0 unspecified atom stereocenters. The molecule has 1 aromatic heterocycles. The van der Waals surface area contributed by atoms with Crippen LogP contribution in [0.4, 0.5) is 11.5 Å². The highest BCUT2D eigenvalue weighted by Crippen LogP contribution is 2.27. The fourth-order valence-electron chi connectivity index (χ4n) is 1.85.